The molecule has 1 fully saturated rings. The van der Waals surface area contributed by atoms with E-state index in [1.165, 1.54) is 18.5 Å². The number of piperidine rings is 1. The molecule has 0 radical (unpaired) electrons. The van der Waals surface area contributed by atoms with Gasteiger partial charge in [0.2, 0.25) is 0 Å². The van der Waals surface area contributed by atoms with Crippen molar-refractivity contribution in [3.8, 4) is 0 Å². The van der Waals surface area contributed by atoms with Crippen LogP contribution in [-0.2, 0) is 11.3 Å². The summed E-state index contributed by atoms with van der Waals surface area (Å²) >= 11 is 0. The Hall–Kier alpha value is -0.870. The Morgan fingerprint density at radius 2 is 2.33 bits per heavy atom. The lowest BCUT2D eigenvalue weighted by Gasteiger charge is -2.23. The molecule has 4 heteroatoms. The summed E-state index contributed by atoms with van der Waals surface area (Å²) in [5, 5.41) is 3.38. The van der Waals surface area contributed by atoms with Crippen molar-refractivity contribution in [2.75, 3.05) is 26.8 Å². The van der Waals surface area contributed by atoms with E-state index in [9.17, 15) is 0 Å². The normalized spacial score (nSPS) is 18.2. The van der Waals surface area contributed by atoms with E-state index in [2.05, 4.69) is 14.9 Å². The highest BCUT2D eigenvalue weighted by molar-refractivity contribution is 5.07. The second-order valence-corrected chi connectivity index (χ2v) is 4.03. The van der Waals surface area contributed by atoms with Gasteiger partial charge in [-0.2, -0.15) is 0 Å². The summed E-state index contributed by atoms with van der Waals surface area (Å²) in [6, 6.07) is 0. The summed E-state index contributed by atoms with van der Waals surface area (Å²) in [6.45, 7) is 3.92. The molecular weight excluding hydrogens is 190 g/mol. The molecule has 0 atom stereocenters. The van der Waals surface area contributed by atoms with Gasteiger partial charge >= 0.3 is 0 Å². The lowest BCUT2D eigenvalue weighted by atomic mass is 9.95. The third-order valence-corrected chi connectivity index (χ3v) is 3.04. The minimum Gasteiger partial charge on any atom is -0.383 e. The Morgan fingerprint density at radius 3 is 3.07 bits per heavy atom. The van der Waals surface area contributed by atoms with Crippen LogP contribution in [0.1, 0.15) is 24.5 Å². The van der Waals surface area contributed by atoms with Crippen molar-refractivity contribution < 1.29 is 4.74 Å². The van der Waals surface area contributed by atoms with Gasteiger partial charge in [-0.1, -0.05) is 0 Å². The van der Waals surface area contributed by atoms with Gasteiger partial charge in [-0.05, 0) is 25.9 Å². The lowest BCUT2D eigenvalue weighted by molar-refractivity contribution is 0.185. The van der Waals surface area contributed by atoms with E-state index in [-0.39, 0.29) is 0 Å². The van der Waals surface area contributed by atoms with E-state index in [0.717, 1.165) is 26.2 Å². The SMILES string of the molecule is COCCn1cncc1C1CCNCC1. The van der Waals surface area contributed by atoms with E-state index in [1.54, 1.807) is 7.11 Å². The maximum atomic E-state index is 5.10. The molecule has 1 N–H and O–H groups in total. The molecule has 0 spiro atoms. The van der Waals surface area contributed by atoms with E-state index < -0.39 is 0 Å². The zero-order valence-electron chi connectivity index (χ0n) is 9.28. The summed E-state index contributed by atoms with van der Waals surface area (Å²) < 4.78 is 7.32. The molecule has 0 saturated carbocycles. The monoisotopic (exact) mass is 209 g/mol. The van der Waals surface area contributed by atoms with E-state index >= 15 is 0 Å². The van der Waals surface area contributed by atoms with Crippen LogP contribution in [0.15, 0.2) is 12.5 Å². The highest BCUT2D eigenvalue weighted by atomic mass is 16.5. The first-order valence-electron chi connectivity index (χ1n) is 5.61. The minimum absolute atomic E-state index is 0.672. The molecule has 1 aliphatic heterocycles. The number of ether oxygens (including phenoxy) is 1. The molecule has 15 heavy (non-hydrogen) atoms. The number of rotatable bonds is 4. The van der Waals surface area contributed by atoms with Crippen LogP contribution in [0.25, 0.3) is 0 Å². The average molecular weight is 209 g/mol. The standard InChI is InChI=1S/C11H19N3O/c1-15-7-6-14-9-13-8-11(14)10-2-4-12-5-3-10/h8-10,12H,2-7H2,1H3. The van der Waals surface area contributed by atoms with Crippen LogP contribution in [0.4, 0.5) is 0 Å². The van der Waals surface area contributed by atoms with Crippen molar-refractivity contribution in [2.24, 2.45) is 0 Å². The Morgan fingerprint density at radius 1 is 1.53 bits per heavy atom. The average Bonchev–Trinajstić information content (AvgIpc) is 2.75. The summed E-state index contributed by atoms with van der Waals surface area (Å²) in [5.41, 5.74) is 1.37. The van der Waals surface area contributed by atoms with Gasteiger partial charge in [0.05, 0.1) is 12.9 Å². The fourth-order valence-electron chi connectivity index (χ4n) is 2.17. The summed E-state index contributed by atoms with van der Waals surface area (Å²) in [6.07, 6.45) is 6.36. The van der Waals surface area contributed by atoms with Crippen LogP contribution in [-0.4, -0.2) is 36.4 Å². The molecule has 0 aromatic carbocycles. The topological polar surface area (TPSA) is 39.1 Å². The van der Waals surface area contributed by atoms with Crippen LogP contribution in [0.2, 0.25) is 0 Å². The summed E-state index contributed by atoms with van der Waals surface area (Å²) in [5.74, 6) is 0.672. The van der Waals surface area contributed by atoms with Gasteiger partial charge in [-0.3, -0.25) is 0 Å². The van der Waals surface area contributed by atoms with Gasteiger partial charge in [0.25, 0.3) is 0 Å². The van der Waals surface area contributed by atoms with Gasteiger partial charge in [-0.15, -0.1) is 0 Å². The predicted octanol–water partition coefficient (Wildman–Crippen LogP) is 0.996. The molecule has 0 aliphatic carbocycles. The minimum atomic E-state index is 0.672. The molecule has 2 rings (SSSR count). The van der Waals surface area contributed by atoms with Crippen LogP contribution in [0, 0.1) is 0 Å². The van der Waals surface area contributed by atoms with Crippen LogP contribution in [0.5, 0.6) is 0 Å². The fraction of sp³-hybridized carbons (Fsp3) is 0.727. The second kappa shape index (κ2) is 5.28. The highest BCUT2D eigenvalue weighted by Gasteiger charge is 2.18. The first-order valence-corrected chi connectivity index (χ1v) is 5.61. The Balaban J connectivity index is 2.02. The maximum absolute atomic E-state index is 5.10. The van der Waals surface area contributed by atoms with Crippen LogP contribution < -0.4 is 5.32 Å². The molecule has 1 aliphatic rings. The largest absolute Gasteiger partial charge is 0.383 e. The van der Waals surface area contributed by atoms with Crippen molar-refractivity contribution >= 4 is 0 Å². The van der Waals surface area contributed by atoms with E-state index in [0.29, 0.717) is 5.92 Å². The predicted molar refractivity (Wildman–Crippen MR) is 58.9 cm³/mol. The Labute approximate surface area is 90.6 Å². The van der Waals surface area contributed by atoms with Crippen molar-refractivity contribution in [3.63, 3.8) is 0 Å². The first kappa shape index (κ1) is 10.6. The lowest BCUT2D eigenvalue weighted by Crippen LogP contribution is -2.27. The van der Waals surface area contributed by atoms with Gasteiger partial charge in [0.15, 0.2) is 0 Å². The molecule has 1 saturated heterocycles. The van der Waals surface area contributed by atoms with E-state index in [1.807, 2.05) is 12.5 Å². The number of hydrogen-bond acceptors (Lipinski definition) is 3. The van der Waals surface area contributed by atoms with Gasteiger partial charge in [0, 0.05) is 31.5 Å². The van der Waals surface area contributed by atoms with Gasteiger partial charge in [-0.25, -0.2) is 4.98 Å². The first-order chi connectivity index (χ1) is 7.42. The second-order valence-electron chi connectivity index (χ2n) is 4.03. The Bertz CT molecular complexity index is 292. The van der Waals surface area contributed by atoms with Crippen LogP contribution >= 0.6 is 0 Å². The van der Waals surface area contributed by atoms with Gasteiger partial charge < -0.3 is 14.6 Å². The summed E-state index contributed by atoms with van der Waals surface area (Å²) in [4.78, 5) is 4.24. The number of nitrogens with one attached hydrogen (secondary N) is 1. The van der Waals surface area contributed by atoms with Crippen molar-refractivity contribution in [2.45, 2.75) is 25.3 Å². The molecule has 0 bridgehead atoms. The maximum Gasteiger partial charge on any atom is 0.0949 e. The van der Waals surface area contributed by atoms with Crippen LogP contribution in [0.3, 0.4) is 0 Å². The quantitative estimate of drug-likeness (QED) is 0.804. The highest BCUT2D eigenvalue weighted by Crippen LogP contribution is 2.24. The molecule has 0 unspecified atom stereocenters. The van der Waals surface area contributed by atoms with Crippen molar-refractivity contribution in [1.82, 2.24) is 14.9 Å². The zero-order chi connectivity index (χ0) is 10.5. The summed E-state index contributed by atoms with van der Waals surface area (Å²) in [7, 11) is 1.74. The number of methoxy groups -OCH3 is 1. The Kier molecular flexibility index (Phi) is 3.75. The number of aromatic nitrogens is 2. The third-order valence-electron chi connectivity index (χ3n) is 3.04. The molecule has 1 aromatic heterocycles. The molecule has 0 amide bonds. The smallest absolute Gasteiger partial charge is 0.0949 e. The number of hydrogen-bond donors (Lipinski definition) is 1. The van der Waals surface area contributed by atoms with E-state index in [4.69, 9.17) is 4.74 Å². The van der Waals surface area contributed by atoms with Gasteiger partial charge in [0.1, 0.15) is 0 Å². The fourth-order valence-corrected chi connectivity index (χ4v) is 2.17. The number of imidazole rings is 1. The zero-order valence-corrected chi connectivity index (χ0v) is 9.28. The van der Waals surface area contributed by atoms with Crippen molar-refractivity contribution in [3.05, 3.63) is 18.2 Å². The molecular formula is C11H19N3O. The third kappa shape index (κ3) is 2.58. The molecule has 4 nitrogen and oxygen atoms in total. The molecule has 84 valence electrons. The number of nitrogens with zero attached hydrogens (tertiary/aromatic N) is 2. The molecule has 1 aromatic rings. The molecule has 2 heterocycles. The van der Waals surface area contributed by atoms with Crippen molar-refractivity contribution in [1.29, 1.82) is 0 Å².